The van der Waals surface area contributed by atoms with E-state index in [1.807, 2.05) is 0 Å². The Balaban J connectivity index is 2.04. The van der Waals surface area contributed by atoms with Crippen molar-refractivity contribution < 1.29 is 19.1 Å². The zero-order valence-electron chi connectivity index (χ0n) is 10.9. The molecule has 1 atom stereocenters. The maximum atomic E-state index is 11.8. The summed E-state index contributed by atoms with van der Waals surface area (Å²) >= 11 is 0. The van der Waals surface area contributed by atoms with Gasteiger partial charge in [0, 0.05) is 18.2 Å². The van der Waals surface area contributed by atoms with Gasteiger partial charge in [0.05, 0.1) is 25.7 Å². The lowest BCUT2D eigenvalue weighted by Crippen LogP contribution is -2.38. The van der Waals surface area contributed by atoms with Crippen molar-refractivity contribution in [2.24, 2.45) is 11.5 Å². The number of benzene rings is 1. The van der Waals surface area contributed by atoms with Crippen molar-refractivity contribution in [1.82, 2.24) is 0 Å². The lowest BCUT2D eigenvalue weighted by Gasteiger charge is -2.13. The summed E-state index contributed by atoms with van der Waals surface area (Å²) in [4.78, 5) is 22.5. The molecule has 2 amide bonds. The Morgan fingerprint density at radius 2 is 1.95 bits per heavy atom. The van der Waals surface area contributed by atoms with Crippen molar-refractivity contribution in [2.45, 2.75) is 18.9 Å². The summed E-state index contributed by atoms with van der Waals surface area (Å²) in [7, 11) is 0. The number of ether oxygens (including phenoxy) is 2. The van der Waals surface area contributed by atoms with Crippen LogP contribution in [-0.2, 0) is 9.59 Å². The third-order valence-corrected chi connectivity index (χ3v) is 2.77. The molecule has 0 saturated heterocycles. The molecular weight excluding hydrogens is 262 g/mol. The largest absolute Gasteiger partial charge is 0.490 e. The Kier molecular flexibility index (Phi) is 4.41. The number of hydrogen-bond donors (Lipinski definition) is 3. The van der Waals surface area contributed by atoms with Gasteiger partial charge in [-0.05, 0) is 12.1 Å². The molecule has 0 aliphatic carbocycles. The molecular formula is C13H17N3O4. The SMILES string of the molecule is NC(=O)CC(N)C(=O)Nc1ccc2c(c1)OCCCO2. The van der Waals surface area contributed by atoms with Crippen molar-refractivity contribution in [2.75, 3.05) is 18.5 Å². The lowest BCUT2D eigenvalue weighted by atomic mass is 10.2. The first-order valence-electron chi connectivity index (χ1n) is 6.30. The summed E-state index contributed by atoms with van der Waals surface area (Å²) in [5, 5.41) is 2.61. The van der Waals surface area contributed by atoms with Crippen LogP contribution in [0.1, 0.15) is 12.8 Å². The van der Waals surface area contributed by atoms with Crippen molar-refractivity contribution >= 4 is 17.5 Å². The standard InChI is InChI=1S/C13H17N3O4/c14-9(7-12(15)17)13(18)16-8-2-3-10-11(6-8)20-5-1-4-19-10/h2-3,6,9H,1,4-5,7,14H2,(H2,15,17)(H,16,18). The van der Waals surface area contributed by atoms with E-state index in [9.17, 15) is 9.59 Å². The molecule has 0 aromatic heterocycles. The fourth-order valence-corrected chi connectivity index (χ4v) is 1.79. The Hall–Kier alpha value is -2.28. The molecule has 0 fully saturated rings. The summed E-state index contributed by atoms with van der Waals surface area (Å²) in [6.07, 6.45) is 0.607. The summed E-state index contributed by atoms with van der Waals surface area (Å²) in [6.45, 7) is 1.16. The minimum atomic E-state index is -0.969. The Labute approximate surface area is 116 Å². The first-order chi connectivity index (χ1) is 9.56. The molecule has 2 rings (SSSR count). The van der Waals surface area contributed by atoms with Crippen LogP contribution >= 0.6 is 0 Å². The third-order valence-electron chi connectivity index (χ3n) is 2.77. The second-order valence-corrected chi connectivity index (χ2v) is 4.48. The fraction of sp³-hybridized carbons (Fsp3) is 0.385. The number of nitrogens with one attached hydrogen (secondary N) is 1. The highest BCUT2D eigenvalue weighted by Gasteiger charge is 2.17. The molecule has 1 heterocycles. The van der Waals surface area contributed by atoms with Gasteiger partial charge in [0.15, 0.2) is 11.5 Å². The molecule has 7 nitrogen and oxygen atoms in total. The van der Waals surface area contributed by atoms with Gasteiger partial charge in [-0.1, -0.05) is 0 Å². The van der Waals surface area contributed by atoms with E-state index in [0.717, 1.165) is 6.42 Å². The van der Waals surface area contributed by atoms with Gasteiger partial charge < -0.3 is 26.3 Å². The molecule has 0 bridgehead atoms. The van der Waals surface area contributed by atoms with Gasteiger partial charge in [0.1, 0.15) is 0 Å². The lowest BCUT2D eigenvalue weighted by molar-refractivity contribution is -0.123. The molecule has 1 aromatic carbocycles. The highest BCUT2D eigenvalue weighted by molar-refractivity contribution is 5.97. The van der Waals surface area contributed by atoms with Crippen LogP contribution < -0.4 is 26.3 Å². The smallest absolute Gasteiger partial charge is 0.241 e. The van der Waals surface area contributed by atoms with Crippen molar-refractivity contribution in [3.63, 3.8) is 0 Å². The number of rotatable bonds is 4. The van der Waals surface area contributed by atoms with Crippen molar-refractivity contribution in [1.29, 1.82) is 0 Å². The van der Waals surface area contributed by atoms with Gasteiger partial charge in [0.2, 0.25) is 11.8 Å². The minimum Gasteiger partial charge on any atom is -0.490 e. The maximum Gasteiger partial charge on any atom is 0.241 e. The summed E-state index contributed by atoms with van der Waals surface area (Å²) in [6, 6.07) is 4.09. The maximum absolute atomic E-state index is 11.8. The quantitative estimate of drug-likeness (QED) is 0.716. The molecule has 0 spiro atoms. The van der Waals surface area contributed by atoms with Crippen LogP contribution in [0.15, 0.2) is 18.2 Å². The zero-order valence-corrected chi connectivity index (χ0v) is 10.9. The number of nitrogens with two attached hydrogens (primary N) is 2. The molecule has 108 valence electrons. The average molecular weight is 279 g/mol. The minimum absolute atomic E-state index is 0.198. The molecule has 1 aliphatic rings. The van der Waals surface area contributed by atoms with Gasteiger partial charge in [-0.2, -0.15) is 0 Å². The molecule has 5 N–H and O–H groups in total. The van der Waals surface area contributed by atoms with Crippen molar-refractivity contribution in [3.8, 4) is 11.5 Å². The van der Waals surface area contributed by atoms with E-state index in [4.69, 9.17) is 20.9 Å². The number of amides is 2. The fourth-order valence-electron chi connectivity index (χ4n) is 1.79. The molecule has 1 aromatic rings. The highest BCUT2D eigenvalue weighted by atomic mass is 16.5. The van der Waals surface area contributed by atoms with E-state index < -0.39 is 17.9 Å². The second kappa shape index (κ2) is 6.25. The Morgan fingerprint density at radius 3 is 2.65 bits per heavy atom. The first kappa shape index (κ1) is 14.1. The zero-order chi connectivity index (χ0) is 14.5. The number of carbonyl (C=O) groups excluding carboxylic acids is 2. The van der Waals surface area contributed by atoms with Crippen LogP contribution in [0, 0.1) is 0 Å². The number of anilines is 1. The second-order valence-electron chi connectivity index (χ2n) is 4.48. The number of primary amides is 1. The van der Waals surface area contributed by atoms with Crippen LogP contribution in [0.4, 0.5) is 5.69 Å². The van der Waals surface area contributed by atoms with E-state index in [-0.39, 0.29) is 6.42 Å². The molecule has 20 heavy (non-hydrogen) atoms. The average Bonchev–Trinajstić information content (AvgIpc) is 2.62. The predicted molar refractivity (Wildman–Crippen MR) is 72.5 cm³/mol. The van der Waals surface area contributed by atoms with Gasteiger partial charge in [-0.25, -0.2) is 0 Å². The molecule has 1 unspecified atom stereocenters. The van der Waals surface area contributed by atoms with Gasteiger partial charge in [-0.3, -0.25) is 9.59 Å². The summed E-state index contributed by atoms with van der Waals surface area (Å²) in [5.74, 6) is 0.121. The van der Waals surface area contributed by atoms with Crippen LogP contribution in [0.25, 0.3) is 0 Å². The molecule has 0 saturated carbocycles. The van der Waals surface area contributed by atoms with E-state index in [1.165, 1.54) is 0 Å². The number of fused-ring (bicyclic) bond motifs is 1. The number of carbonyl (C=O) groups is 2. The van der Waals surface area contributed by atoms with Crippen molar-refractivity contribution in [3.05, 3.63) is 18.2 Å². The monoisotopic (exact) mass is 279 g/mol. The molecule has 0 radical (unpaired) electrons. The predicted octanol–water partition coefficient (Wildman–Crippen LogP) is -0.0109. The van der Waals surface area contributed by atoms with E-state index >= 15 is 0 Å². The molecule has 7 heteroatoms. The van der Waals surface area contributed by atoms with Crippen LogP contribution in [0.5, 0.6) is 11.5 Å². The van der Waals surface area contributed by atoms with Crippen LogP contribution in [0.2, 0.25) is 0 Å². The summed E-state index contributed by atoms with van der Waals surface area (Å²) in [5.41, 5.74) is 11.1. The van der Waals surface area contributed by atoms with Crippen LogP contribution in [0.3, 0.4) is 0 Å². The highest BCUT2D eigenvalue weighted by Crippen LogP contribution is 2.32. The van der Waals surface area contributed by atoms with E-state index in [2.05, 4.69) is 5.32 Å². The Morgan fingerprint density at radius 1 is 1.25 bits per heavy atom. The Bertz CT molecular complexity index is 518. The summed E-state index contributed by atoms with van der Waals surface area (Å²) < 4.78 is 11.0. The van der Waals surface area contributed by atoms with Gasteiger partial charge >= 0.3 is 0 Å². The third kappa shape index (κ3) is 3.61. The molecule has 1 aliphatic heterocycles. The van der Waals surface area contributed by atoms with Gasteiger partial charge in [-0.15, -0.1) is 0 Å². The topological polar surface area (TPSA) is 117 Å². The van der Waals surface area contributed by atoms with Gasteiger partial charge in [0.25, 0.3) is 0 Å². The van der Waals surface area contributed by atoms with E-state index in [0.29, 0.717) is 30.4 Å². The van der Waals surface area contributed by atoms with E-state index in [1.54, 1.807) is 18.2 Å². The van der Waals surface area contributed by atoms with Crippen LogP contribution in [-0.4, -0.2) is 31.1 Å². The first-order valence-corrected chi connectivity index (χ1v) is 6.30. The normalized spacial score (nSPS) is 15.1. The number of hydrogen-bond acceptors (Lipinski definition) is 5.